The quantitative estimate of drug-likeness (QED) is 0.194. The Hall–Kier alpha value is -5.66. The number of anilines is 3. The molecule has 0 fully saturated rings. The van der Waals surface area contributed by atoms with Crippen molar-refractivity contribution >= 4 is 17.1 Å². The molecule has 0 saturated carbocycles. The van der Waals surface area contributed by atoms with Crippen LogP contribution in [0.3, 0.4) is 0 Å². The minimum absolute atomic E-state index is 0.335. The van der Waals surface area contributed by atoms with Crippen LogP contribution in [0.1, 0.15) is 38.9 Å². The summed E-state index contributed by atoms with van der Waals surface area (Å²) in [6.45, 7) is 6.58. The van der Waals surface area contributed by atoms with Crippen LogP contribution < -0.4 is 4.90 Å². The zero-order valence-corrected chi connectivity index (χ0v) is 27.0. The first kappa shape index (κ1) is 27.6. The van der Waals surface area contributed by atoms with E-state index in [0.29, 0.717) is 0 Å². The normalized spacial score (nSPS) is 13.2. The average molecular weight is 602 g/mol. The van der Waals surface area contributed by atoms with E-state index >= 15 is 0 Å². The maximum atomic E-state index is 2.43. The van der Waals surface area contributed by atoms with Gasteiger partial charge in [0, 0.05) is 17.1 Å². The summed E-state index contributed by atoms with van der Waals surface area (Å²) in [5.74, 6) is 0. The van der Waals surface area contributed by atoms with Crippen molar-refractivity contribution in [3.63, 3.8) is 0 Å². The van der Waals surface area contributed by atoms with Gasteiger partial charge in [0.05, 0.1) is 5.41 Å². The van der Waals surface area contributed by atoms with Crippen molar-refractivity contribution in [1.29, 1.82) is 0 Å². The molecule has 0 bridgehead atoms. The average Bonchev–Trinajstić information content (AvgIpc) is 3.57. The van der Waals surface area contributed by atoms with Crippen LogP contribution in [0, 0.1) is 20.8 Å². The molecule has 1 nitrogen and oxygen atoms in total. The zero-order valence-electron chi connectivity index (χ0n) is 27.0. The van der Waals surface area contributed by atoms with E-state index in [9.17, 15) is 0 Å². The maximum absolute atomic E-state index is 2.43. The van der Waals surface area contributed by atoms with E-state index < -0.39 is 0 Å². The van der Waals surface area contributed by atoms with Gasteiger partial charge >= 0.3 is 0 Å². The molecule has 224 valence electrons. The molecule has 0 saturated heterocycles. The van der Waals surface area contributed by atoms with E-state index in [1.165, 1.54) is 72.3 Å². The van der Waals surface area contributed by atoms with E-state index in [1.54, 1.807) is 0 Å². The lowest BCUT2D eigenvalue weighted by Gasteiger charge is -2.31. The van der Waals surface area contributed by atoms with Crippen LogP contribution in [-0.2, 0) is 5.41 Å². The third kappa shape index (κ3) is 3.96. The molecule has 1 spiro atoms. The Labute approximate surface area is 277 Å². The molecule has 0 heterocycles. The molecule has 7 aromatic rings. The first-order valence-electron chi connectivity index (χ1n) is 16.5. The second kappa shape index (κ2) is 10.4. The van der Waals surface area contributed by atoms with Gasteiger partial charge in [-0.05, 0) is 124 Å². The third-order valence-electron chi connectivity index (χ3n) is 10.4. The van der Waals surface area contributed by atoms with Crippen LogP contribution in [-0.4, -0.2) is 0 Å². The SMILES string of the molecule is Cc1ccc(N(c2ccc(-c3ccccc3C)c(C)c2)c2ccc3c(c2)-c2ccccc2C32c3ccccc3-c3ccccc32)cc1. The van der Waals surface area contributed by atoms with Gasteiger partial charge in [-0.25, -0.2) is 0 Å². The van der Waals surface area contributed by atoms with Crippen LogP contribution in [0.25, 0.3) is 33.4 Å². The highest BCUT2D eigenvalue weighted by Gasteiger charge is 2.51. The number of hydrogen-bond acceptors (Lipinski definition) is 1. The van der Waals surface area contributed by atoms with Crippen molar-refractivity contribution in [3.05, 3.63) is 197 Å². The molecule has 0 N–H and O–H groups in total. The van der Waals surface area contributed by atoms with Gasteiger partial charge in [0.2, 0.25) is 0 Å². The van der Waals surface area contributed by atoms with E-state index in [0.717, 1.165) is 17.1 Å². The fourth-order valence-corrected chi connectivity index (χ4v) is 8.33. The van der Waals surface area contributed by atoms with Gasteiger partial charge in [-0.1, -0.05) is 127 Å². The minimum Gasteiger partial charge on any atom is -0.310 e. The lowest BCUT2D eigenvalue weighted by molar-refractivity contribution is 0.794. The first-order chi connectivity index (χ1) is 23.1. The van der Waals surface area contributed by atoms with Crippen molar-refractivity contribution in [2.24, 2.45) is 0 Å². The van der Waals surface area contributed by atoms with Gasteiger partial charge in [-0.2, -0.15) is 0 Å². The van der Waals surface area contributed by atoms with E-state index in [4.69, 9.17) is 0 Å². The summed E-state index contributed by atoms with van der Waals surface area (Å²) in [6, 6.07) is 58.7. The molecule has 9 rings (SSSR count). The summed E-state index contributed by atoms with van der Waals surface area (Å²) in [5, 5.41) is 0. The summed E-state index contributed by atoms with van der Waals surface area (Å²) >= 11 is 0. The Morgan fingerprint density at radius 1 is 0.340 bits per heavy atom. The molecular formula is C46H35N. The molecule has 7 aromatic carbocycles. The number of nitrogens with zero attached hydrogens (tertiary/aromatic N) is 1. The molecule has 0 unspecified atom stereocenters. The largest absolute Gasteiger partial charge is 0.310 e. The van der Waals surface area contributed by atoms with Crippen LogP contribution in [0.5, 0.6) is 0 Å². The number of fused-ring (bicyclic) bond motifs is 10. The van der Waals surface area contributed by atoms with Crippen molar-refractivity contribution in [2.75, 3.05) is 4.90 Å². The van der Waals surface area contributed by atoms with Crippen LogP contribution in [0.4, 0.5) is 17.1 Å². The summed E-state index contributed by atoms with van der Waals surface area (Å²) in [5.41, 5.74) is 20.2. The second-order valence-corrected chi connectivity index (χ2v) is 13.1. The van der Waals surface area contributed by atoms with E-state index in [1.807, 2.05) is 0 Å². The molecule has 47 heavy (non-hydrogen) atoms. The molecule has 0 radical (unpaired) electrons. The summed E-state index contributed by atoms with van der Waals surface area (Å²) in [6.07, 6.45) is 0. The van der Waals surface area contributed by atoms with Gasteiger partial charge in [-0.15, -0.1) is 0 Å². The Balaban J connectivity index is 1.26. The molecule has 0 amide bonds. The Morgan fingerprint density at radius 3 is 1.38 bits per heavy atom. The number of rotatable bonds is 4. The number of benzene rings is 7. The Kier molecular flexibility index (Phi) is 6.14. The maximum Gasteiger partial charge on any atom is 0.0725 e. The highest BCUT2D eigenvalue weighted by Crippen LogP contribution is 2.63. The summed E-state index contributed by atoms with van der Waals surface area (Å²) in [7, 11) is 0. The molecule has 2 aliphatic carbocycles. The van der Waals surface area contributed by atoms with E-state index in [2.05, 4.69) is 183 Å². The van der Waals surface area contributed by atoms with Crippen LogP contribution >= 0.6 is 0 Å². The van der Waals surface area contributed by atoms with Crippen LogP contribution in [0.15, 0.2) is 158 Å². The molecular weight excluding hydrogens is 567 g/mol. The molecule has 0 aliphatic heterocycles. The minimum atomic E-state index is -0.335. The lowest BCUT2D eigenvalue weighted by atomic mass is 9.70. The Morgan fingerprint density at radius 2 is 0.787 bits per heavy atom. The van der Waals surface area contributed by atoms with Crippen LogP contribution in [0.2, 0.25) is 0 Å². The van der Waals surface area contributed by atoms with Crippen molar-refractivity contribution in [3.8, 4) is 33.4 Å². The zero-order chi connectivity index (χ0) is 31.7. The van der Waals surface area contributed by atoms with Gasteiger partial charge in [-0.3, -0.25) is 0 Å². The highest BCUT2D eigenvalue weighted by atomic mass is 15.1. The predicted octanol–water partition coefficient (Wildman–Crippen LogP) is 12.1. The van der Waals surface area contributed by atoms with E-state index in [-0.39, 0.29) is 5.41 Å². The third-order valence-corrected chi connectivity index (χ3v) is 10.4. The van der Waals surface area contributed by atoms with Gasteiger partial charge in [0.15, 0.2) is 0 Å². The summed E-state index contributed by atoms with van der Waals surface area (Å²) in [4.78, 5) is 2.42. The molecule has 2 aliphatic rings. The molecule has 0 aromatic heterocycles. The number of hydrogen-bond donors (Lipinski definition) is 0. The highest BCUT2D eigenvalue weighted by molar-refractivity contribution is 5.96. The standard InChI is InChI=1S/C46H35N/c1-30-20-22-33(23-21-30)47(34-24-26-37(32(3)28-34)36-13-5-4-12-31(36)2)35-25-27-45-41(29-35)40-16-8-11-19-44(40)46(45)42-17-9-6-14-38(42)39-15-7-10-18-43(39)46/h4-29H,1-3H3. The van der Waals surface area contributed by atoms with Gasteiger partial charge in [0.1, 0.15) is 0 Å². The van der Waals surface area contributed by atoms with Gasteiger partial charge in [0.25, 0.3) is 0 Å². The second-order valence-electron chi connectivity index (χ2n) is 13.1. The lowest BCUT2D eigenvalue weighted by Crippen LogP contribution is -2.25. The fraction of sp³-hybridized carbons (Fsp3) is 0.0870. The first-order valence-corrected chi connectivity index (χ1v) is 16.5. The molecule has 1 heteroatoms. The van der Waals surface area contributed by atoms with Crippen molar-refractivity contribution < 1.29 is 0 Å². The summed E-state index contributed by atoms with van der Waals surface area (Å²) < 4.78 is 0. The van der Waals surface area contributed by atoms with Gasteiger partial charge < -0.3 is 4.90 Å². The van der Waals surface area contributed by atoms with Crippen molar-refractivity contribution in [1.82, 2.24) is 0 Å². The monoisotopic (exact) mass is 601 g/mol. The Bertz CT molecular complexity index is 2300. The molecule has 0 atom stereocenters. The topological polar surface area (TPSA) is 3.24 Å². The van der Waals surface area contributed by atoms with Crippen molar-refractivity contribution in [2.45, 2.75) is 26.2 Å². The smallest absolute Gasteiger partial charge is 0.0725 e. The predicted molar refractivity (Wildman–Crippen MR) is 197 cm³/mol. The number of aryl methyl sites for hydroxylation is 3. The fourth-order valence-electron chi connectivity index (χ4n) is 8.33.